The fraction of sp³-hybridized carbons (Fsp3) is 0.625. The average Bonchev–Trinajstić information content (AvgIpc) is 2.46. The zero-order chi connectivity index (χ0) is 14.7. The number of halogens is 1. The van der Waals surface area contributed by atoms with Crippen LogP contribution in [0.5, 0.6) is 0 Å². The molecule has 2 nitrogen and oxygen atoms in total. The van der Waals surface area contributed by atoms with Gasteiger partial charge in [0.15, 0.2) is 0 Å². The fourth-order valence-electron chi connectivity index (χ4n) is 3.03. The van der Waals surface area contributed by atoms with Gasteiger partial charge in [-0.1, -0.05) is 25.0 Å². The molecular weight excluding hydrogens is 239 g/mol. The number of rotatable bonds is 2. The Morgan fingerprint density at radius 1 is 1.11 bits per heavy atom. The van der Waals surface area contributed by atoms with E-state index >= 15 is 0 Å². The molecule has 1 aliphatic rings. The molecule has 0 aliphatic heterocycles. The first kappa shape index (κ1) is 15.4. The van der Waals surface area contributed by atoms with Crippen LogP contribution in [0.4, 0.5) is 4.39 Å². The highest BCUT2D eigenvalue weighted by Gasteiger charge is 2.36. The first-order valence-electron chi connectivity index (χ1n) is 6.66. The summed E-state index contributed by atoms with van der Waals surface area (Å²) in [7, 11) is 0. The molecule has 0 aromatic carbocycles. The minimum absolute atomic E-state index is 0.0638. The van der Waals surface area contributed by atoms with Gasteiger partial charge in [0.2, 0.25) is 0 Å². The van der Waals surface area contributed by atoms with Gasteiger partial charge in [-0.25, -0.2) is 4.39 Å². The zero-order valence-electron chi connectivity index (χ0n) is 12.3. The summed E-state index contributed by atoms with van der Waals surface area (Å²) >= 11 is 0. The van der Waals surface area contributed by atoms with Crippen LogP contribution in [-0.2, 0) is 0 Å². The summed E-state index contributed by atoms with van der Waals surface area (Å²) in [6.07, 6.45) is 0.150. The second kappa shape index (κ2) is 6.02. The highest BCUT2D eigenvalue weighted by Crippen LogP contribution is 2.43. The second-order valence-corrected chi connectivity index (χ2v) is 5.53. The predicted octanol–water partition coefficient (Wildman–Crippen LogP) is 4.52. The topological polar surface area (TPSA) is 47.6 Å². The van der Waals surface area contributed by atoms with Gasteiger partial charge < -0.3 is 0 Å². The van der Waals surface area contributed by atoms with E-state index in [1.165, 1.54) is 0 Å². The molecule has 102 valence electrons. The molecule has 0 aromatic heterocycles. The Hall–Kier alpha value is -1.61. The first-order chi connectivity index (χ1) is 8.86. The highest BCUT2D eigenvalue weighted by molar-refractivity contribution is 5.32. The van der Waals surface area contributed by atoms with Gasteiger partial charge in [0.05, 0.1) is 24.5 Å². The third-order valence-corrected chi connectivity index (χ3v) is 4.65. The fourth-order valence-corrected chi connectivity index (χ4v) is 3.03. The minimum Gasteiger partial charge on any atom is -0.212 e. The molecule has 0 saturated carbocycles. The van der Waals surface area contributed by atoms with Crippen molar-refractivity contribution in [2.75, 3.05) is 0 Å². The Balaban J connectivity index is 3.38. The molecule has 0 amide bonds. The summed E-state index contributed by atoms with van der Waals surface area (Å²) in [5.74, 6) is -1.04. The normalized spacial score (nSPS) is 29.6. The molecule has 3 heteroatoms. The Bertz CT molecular complexity index is 502. The second-order valence-electron chi connectivity index (χ2n) is 5.53. The average molecular weight is 260 g/mol. The lowest BCUT2D eigenvalue weighted by Gasteiger charge is -2.27. The van der Waals surface area contributed by atoms with Crippen molar-refractivity contribution in [3.63, 3.8) is 0 Å². The van der Waals surface area contributed by atoms with E-state index in [0.29, 0.717) is 0 Å². The first-order valence-corrected chi connectivity index (χ1v) is 6.66. The van der Waals surface area contributed by atoms with Crippen LogP contribution >= 0.6 is 0 Å². The van der Waals surface area contributed by atoms with Crippen molar-refractivity contribution in [2.24, 2.45) is 23.7 Å². The van der Waals surface area contributed by atoms with Crippen LogP contribution < -0.4 is 0 Å². The number of nitrogens with zero attached hydrogens (tertiary/aromatic N) is 2. The van der Waals surface area contributed by atoms with Gasteiger partial charge in [-0.05, 0) is 26.3 Å². The molecule has 0 fully saturated rings. The van der Waals surface area contributed by atoms with E-state index in [1.54, 1.807) is 0 Å². The van der Waals surface area contributed by atoms with E-state index in [4.69, 9.17) is 5.26 Å². The Kier molecular flexibility index (Phi) is 4.90. The third-order valence-electron chi connectivity index (χ3n) is 4.65. The van der Waals surface area contributed by atoms with Crippen molar-refractivity contribution in [3.05, 3.63) is 22.5 Å². The van der Waals surface area contributed by atoms with Gasteiger partial charge >= 0.3 is 0 Å². The van der Waals surface area contributed by atoms with Crippen molar-refractivity contribution < 1.29 is 4.39 Å². The molecule has 19 heavy (non-hydrogen) atoms. The molecule has 0 bridgehead atoms. The molecule has 0 N–H and O–H groups in total. The molecule has 4 unspecified atom stereocenters. The summed E-state index contributed by atoms with van der Waals surface area (Å²) < 4.78 is 14.5. The molecule has 0 heterocycles. The van der Waals surface area contributed by atoms with E-state index in [-0.39, 0.29) is 30.0 Å². The van der Waals surface area contributed by atoms with Crippen LogP contribution in [-0.4, -0.2) is 0 Å². The summed E-state index contributed by atoms with van der Waals surface area (Å²) in [6, 6.07) is 4.23. The smallest absolute Gasteiger partial charge is 0.103 e. The van der Waals surface area contributed by atoms with Crippen LogP contribution in [0.15, 0.2) is 22.5 Å². The molecular formula is C16H21FN2. The van der Waals surface area contributed by atoms with Crippen molar-refractivity contribution in [2.45, 2.75) is 41.0 Å². The monoisotopic (exact) mass is 260 g/mol. The SMILES string of the molecule is CC1=C(F)C(C)C(C(C#N)CC#N)C(C)=C(C)C1C. The van der Waals surface area contributed by atoms with E-state index < -0.39 is 5.92 Å². The number of hydrogen-bond donors (Lipinski definition) is 0. The van der Waals surface area contributed by atoms with Crippen molar-refractivity contribution in [1.29, 1.82) is 10.5 Å². The quantitative estimate of drug-likeness (QED) is 0.685. The Morgan fingerprint density at radius 2 is 1.68 bits per heavy atom. The molecule has 1 rings (SSSR count). The summed E-state index contributed by atoms with van der Waals surface area (Å²) in [5.41, 5.74) is 2.94. The minimum atomic E-state index is -0.446. The van der Waals surface area contributed by atoms with E-state index in [9.17, 15) is 9.65 Å². The Labute approximate surface area is 115 Å². The zero-order valence-corrected chi connectivity index (χ0v) is 12.3. The molecule has 0 aromatic rings. The van der Waals surface area contributed by atoms with Gasteiger partial charge in [0, 0.05) is 17.8 Å². The molecule has 4 atom stereocenters. The lowest BCUT2D eigenvalue weighted by atomic mass is 9.76. The van der Waals surface area contributed by atoms with E-state index in [0.717, 1.165) is 16.7 Å². The molecule has 0 radical (unpaired) electrons. The van der Waals surface area contributed by atoms with Crippen LogP contribution in [0.1, 0.15) is 41.0 Å². The number of nitriles is 2. The van der Waals surface area contributed by atoms with E-state index in [1.807, 2.05) is 40.7 Å². The third kappa shape index (κ3) is 2.71. The molecule has 1 aliphatic carbocycles. The van der Waals surface area contributed by atoms with Crippen LogP contribution in [0.2, 0.25) is 0 Å². The maximum absolute atomic E-state index is 14.5. The Morgan fingerprint density at radius 3 is 2.16 bits per heavy atom. The summed E-state index contributed by atoms with van der Waals surface area (Å²) in [5, 5.41) is 18.1. The lowest BCUT2D eigenvalue weighted by Crippen LogP contribution is -2.22. The molecule has 0 spiro atoms. The summed E-state index contributed by atoms with van der Waals surface area (Å²) in [6.45, 7) is 9.61. The maximum atomic E-state index is 14.5. The lowest BCUT2D eigenvalue weighted by molar-refractivity contribution is 0.325. The number of allylic oxidation sites excluding steroid dienone is 4. The van der Waals surface area contributed by atoms with Crippen LogP contribution in [0.3, 0.4) is 0 Å². The van der Waals surface area contributed by atoms with Gasteiger partial charge in [-0.15, -0.1) is 0 Å². The largest absolute Gasteiger partial charge is 0.212 e. The van der Waals surface area contributed by atoms with Crippen LogP contribution in [0.25, 0.3) is 0 Å². The standard InChI is InChI=1S/C16H21FN2/c1-9-10(2)12(4)16(17)13(5)15(11(9)3)14(8-19)6-7-18/h10,13-15H,6H2,1-5H3. The van der Waals surface area contributed by atoms with Crippen LogP contribution in [0, 0.1) is 46.3 Å². The van der Waals surface area contributed by atoms with Crippen molar-refractivity contribution >= 4 is 0 Å². The molecule has 0 saturated heterocycles. The maximum Gasteiger partial charge on any atom is 0.103 e. The van der Waals surface area contributed by atoms with Crippen molar-refractivity contribution in [1.82, 2.24) is 0 Å². The predicted molar refractivity (Wildman–Crippen MR) is 73.3 cm³/mol. The van der Waals surface area contributed by atoms with Gasteiger partial charge in [-0.2, -0.15) is 10.5 Å². The van der Waals surface area contributed by atoms with Gasteiger partial charge in [0.25, 0.3) is 0 Å². The highest BCUT2D eigenvalue weighted by atomic mass is 19.1. The van der Waals surface area contributed by atoms with Gasteiger partial charge in [-0.3, -0.25) is 0 Å². The van der Waals surface area contributed by atoms with Gasteiger partial charge in [0.1, 0.15) is 5.83 Å². The number of hydrogen-bond acceptors (Lipinski definition) is 2. The van der Waals surface area contributed by atoms with Crippen molar-refractivity contribution in [3.8, 4) is 12.1 Å². The van der Waals surface area contributed by atoms with E-state index in [2.05, 4.69) is 6.07 Å². The summed E-state index contributed by atoms with van der Waals surface area (Å²) in [4.78, 5) is 0.